The van der Waals surface area contributed by atoms with Crippen molar-refractivity contribution in [2.45, 2.75) is 0 Å². The molecule has 1 aromatic heterocycles. The van der Waals surface area contributed by atoms with Crippen LogP contribution in [0, 0.1) is 10.1 Å². The molecule has 0 bridgehead atoms. The van der Waals surface area contributed by atoms with Crippen LogP contribution in [0.5, 0.6) is 11.5 Å². The number of thiazole rings is 1. The molecule has 9 heteroatoms. The minimum absolute atomic E-state index is 0.00117. The molecule has 0 saturated heterocycles. The van der Waals surface area contributed by atoms with Gasteiger partial charge in [-0.2, -0.15) is 5.10 Å². The Balaban J connectivity index is 1.76. The van der Waals surface area contributed by atoms with Crippen molar-refractivity contribution in [3.63, 3.8) is 0 Å². The molecule has 26 heavy (non-hydrogen) atoms. The van der Waals surface area contributed by atoms with Gasteiger partial charge in [0.15, 0.2) is 5.75 Å². The first-order valence-electron chi connectivity index (χ1n) is 7.44. The molecule has 3 rings (SSSR count). The number of nitrogens with zero attached hydrogens (tertiary/aromatic N) is 3. The van der Waals surface area contributed by atoms with Gasteiger partial charge in [-0.05, 0) is 6.07 Å². The maximum atomic E-state index is 11.0. The van der Waals surface area contributed by atoms with Crippen LogP contribution < -0.4 is 10.2 Å². The van der Waals surface area contributed by atoms with E-state index in [-0.39, 0.29) is 5.75 Å². The average Bonchev–Trinajstić information content (AvgIpc) is 3.12. The Hall–Kier alpha value is -3.46. The van der Waals surface area contributed by atoms with Crippen LogP contribution in [-0.4, -0.2) is 28.3 Å². The first-order chi connectivity index (χ1) is 12.6. The molecule has 0 unspecified atom stereocenters. The van der Waals surface area contributed by atoms with Crippen molar-refractivity contribution in [1.29, 1.82) is 0 Å². The molecule has 0 amide bonds. The zero-order chi connectivity index (χ0) is 18.5. The molecule has 2 aromatic carbocycles. The largest absolute Gasteiger partial charge is 0.500 e. The lowest BCUT2D eigenvalue weighted by Gasteiger charge is -2.04. The molecule has 0 fully saturated rings. The van der Waals surface area contributed by atoms with Gasteiger partial charge in [0, 0.05) is 22.6 Å². The SMILES string of the molecule is COc1cc(/C=N/Nc2nc(-c3ccccc3)cs2)cc([N+](=O)[O-])c1O. The number of nitro benzene ring substituents is 1. The van der Waals surface area contributed by atoms with Gasteiger partial charge in [0.2, 0.25) is 10.9 Å². The predicted molar refractivity (Wildman–Crippen MR) is 100 cm³/mol. The molecule has 0 atom stereocenters. The van der Waals surface area contributed by atoms with E-state index in [0.29, 0.717) is 10.7 Å². The number of hydrogen-bond acceptors (Lipinski definition) is 8. The summed E-state index contributed by atoms with van der Waals surface area (Å²) in [7, 11) is 1.32. The van der Waals surface area contributed by atoms with Crippen LogP contribution in [0.15, 0.2) is 52.9 Å². The molecule has 0 spiro atoms. The number of rotatable bonds is 6. The molecule has 0 aliphatic rings. The fraction of sp³-hybridized carbons (Fsp3) is 0.0588. The van der Waals surface area contributed by atoms with Gasteiger partial charge in [-0.15, -0.1) is 11.3 Å². The lowest BCUT2D eigenvalue weighted by atomic mass is 10.2. The fourth-order valence-electron chi connectivity index (χ4n) is 2.21. The first kappa shape index (κ1) is 17.4. The number of aromatic hydroxyl groups is 1. The van der Waals surface area contributed by atoms with Crippen LogP contribution in [0.2, 0.25) is 0 Å². The monoisotopic (exact) mass is 370 g/mol. The van der Waals surface area contributed by atoms with E-state index in [2.05, 4.69) is 15.5 Å². The Morgan fingerprint density at radius 2 is 2.12 bits per heavy atom. The minimum atomic E-state index is -0.685. The van der Waals surface area contributed by atoms with E-state index in [9.17, 15) is 15.2 Å². The van der Waals surface area contributed by atoms with Crippen LogP contribution in [0.3, 0.4) is 0 Å². The van der Waals surface area contributed by atoms with Gasteiger partial charge >= 0.3 is 5.69 Å². The van der Waals surface area contributed by atoms with E-state index in [1.54, 1.807) is 0 Å². The number of nitro groups is 1. The zero-order valence-electron chi connectivity index (χ0n) is 13.6. The highest BCUT2D eigenvalue weighted by molar-refractivity contribution is 7.14. The summed E-state index contributed by atoms with van der Waals surface area (Å²) in [6, 6.07) is 12.4. The molecule has 1 heterocycles. The van der Waals surface area contributed by atoms with E-state index in [1.165, 1.54) is 36.8 Å². The summed E-state index contributed by atoms with van der Waals surface area (Å²) in [5, 5.41) is 27.3. The summed E-state index contributed by atoms with van der Waals surface area (Å²) in [6.45, 7) is 0. The smallest absolute Gasteiger partial charge is 0.315 e. The summed E-state index contributed by atoms with van der Waals surface area (Å²) < 4.78 is 4.95. The van der Waals surface area contributed by atoms with Gasteiger partial charge < -0.3 is 9.84 Å². The summed E-state index contributed by atoms with van der Waals surface area (Å²) in [6.07, 6.45) is 1.39. The van der Waals surface area contributed by atoms with E-state index in [0.717, 1.165) is 11.3 Å². The Bertz CT molecular complexity index is 957. The van der Waals surface area contributed by atoms with Gasteiger partial charge in [0.1, 0.15) is 0 Å². The Kier molecular flexibility index (Phi) is 5.09. The number of hydrazone groups is 1. The Morgan fingerprint density at radius 1 is 1.35 bits per heavy atom. The summed E-state index contributed by atoms with van der Waals surface area (Å²) in [4.78, 5) is 14.7. The number of ether oxygens (including phenoxy) is 1. The molecule has 3 aromatic rings. The standard InChI is InChI=1S/C17H14N4O4S/c1-25-15-8-11(7-14(16(15)22)21(23)24)9-18-20-17-19-13(10-26-17)12-5-3-2-4-6-12/h2-10,22H,1H3,(H,19,20)/b18-9+. The van der Waals surface area contributed by atoms with Crippen molar-refractivity contribution in [3.8, 4) is 22.8 Å². The second kappa shape index (κ2) is 7.62. The minimum Gasteiger partial charge on any atom is -0.500 e. The third-order valence-electron chi connectivity index (χ3n) is 3.44. The zero-order valence-corrected chi connectivity index (χ0v) is 14.4. The highest BCUT2D eigenvalue weighted by atomic mass is 32.1. The lowest BCUT2D eigenvalue weighted by molar-refractivity contribution is -0.386. The molecule has 8 nitrogen and oxygen atoms in total. The number of methoxy groups -OCH3 is 1. The van der Waals surface area contributed by atoms with Crippen molar-refractivity contribution >= 4 is 28.4 Å². The van der Waals surface area contributed by atoms with Crippen LogP contribution >= 0.6 is 11.3 Å². The second-order valence-corrected chi connectivity index (χ2v) is 5.98. The number of phenols is 1. The Morgan fingerprint density at radius 3 is 2.81 bits per heavy atom. The fourth-order valence-corrected chi connectivity index (χ4v) is 2.88. The first-order valence-corrected chi connectivity index (χ1v) is 8.32. The summed E-state index contributed by atoms with van der Waals surface area (Å²) in [5.74, 6) is -0.517. The number of benzene rings is 2. The number of anilines is 1. The summed E-state index contributed by atoms with van der Waals surface area (Å²) >= 11 is 1.39. The maximum Gasteiger partial charge on any atom is 0.315 e. The van der Waals surface area contributed by atoms with Gasteiger partial charge in [-0.1, -0.05) is 30.3 Å². The van der Waals surface area contributed by atoms with Crippen molar-refractivity contribution in [3.05, 3.63) is 63.5 Å². The van der Waals surface area contributed by atoms with Gasteiger partial charge in [0.05, 0.1) is 23.9 Å². The molecule has 2 N–H and O–H groups in total. The molecule has 0 aliphatic heterocycles. The number of aromatic nitrogens is 1. The van der Waals surface area contributed by atoms with Crippen molar-refractivity contribution in [2.24, 2.45) is 5.10 Å². The molecular formula is C17H14N4O4S. The van der Waals surface area contributed by atoms with E-state index in [4.69, 9.17) is 4.74 Å². The summed E-state index contributed by atoms with van der Waals surface area (Å²) in [5.41, 5.74) is 4.57. The molecule has 0 aliphatic carbocycles. The lowest BCUT2D eigenvalue weighted by Crippen LogP contribution is -1.96. The van der Waals surface area contributed by atoms with E-state index >= 15 is 0 Å². The number of nitrogens with one attached hydrogen (secondary N) is 1. The maximum absolute atomic E-state index is 11.0. The van der Waals surface area contributed by atoms with E-state index in [1.807, 2.05) is 35.7 Å². The normalized spacial score (nSPS) is 10.8. The van der Waals surface area contributed by atoms with Crippen molar-refractivity contribution in [1.82, 2.24) is 4.98 Å². The van der Waals surface area contributed by atoms with Crippen LogP contribution in [0.4, 0.5) is 10.8 Å². The van der Waals surface area contributed by atoms with Crippen LogP contribution in [0.25, 0.3) is 11.3 Å². The van der Waals surface area contributed by atoms with Crippen LogP contribution in [0.1, 0.15) is 5.56 Å². The third-order valence-corrected chi connectivity index (χ3v) is 4.19. The van der Waals surface area contributed by atoms with Crippen LogP contribution in [-0.2, 0) is 0 Å². The van der Waals surface area contributed by atoms with Gasteiger partial charge in [-0.25, -0.2) is 4.98 Å². The second-order valence-electron chi connectivity index (χ2n) is 5.12. The predicted octanol–water partition coefficient (Wildman–Crippen LogP) is 3.88. The van der Waals surface area contributed by atoms with Gasteiger partial charge in [0.25, 0.3) is 0 Å². The van der Waals surface area contributed by atoms with E-state index < -0.39 is 16.4 Å². The molecular weight excluding hydrogens is 356 g/mol. The Labute approximate surface area is 152 Å². The van der Waals surface area contributed by atoms with Crippen molar-refractivity contribution < 1.29 is 14.8 Å². The topological polar surface area (TPSA) is 110 Å². The highest BCUT2D eigenvalue weighted by Crippen LogP contribution is 2.36. The average molecular weight is 370 g/mol. The number of phenolic OH excluding ortho intramolecular Hbond substituents is 1. The molecule has 0 saturated carbocycles. The quantitative estimate of drug-likeness (QED) is 0.387. The van der Waals surface area contributed by atoms with Gasteiger partial charge in [-0.3, -0.25) is 15.5 Å². The van der Waals surface area contributed by atoms with Crippen molar-refractivity contribution in [2.75, 3.05) is 12.5 Å². The third kappa shape index (κ3) is 3.78. The molecule has 0 radical (unpaired) electrons. The highest BCUT2D eigenvalue weighted by Gasteiger charge is 2.19. The number of hydrogen-bond donors (Lipinski definition) is 2. The molecule has 132 valence electrons.